The van der Waals surface area contributed by atoms with Crippen LogP contribution in [0.2, 0.25) is 0 Å². The summed E-state index contributed by atoms with van der Waals surface area (Å²) in [4.78, 5) is 16.7. The van der Waals surface area contributed by atoms with E-state index in [9.17, 15) is 9.90 Å². The maximum Gasteiger partial charge on any atom is 0.315 e. The van der Waals surface area contributed by atoms with E-state index in [1.165, 1.54) is 0 Å². The van der Waals surface area contributed by atoms with E-state index in [0.29, 0.717) is 6.54 Å². The van der Waals surface area contributed by atoms with Crippen molar-refractivity contribution >= 4 is 6.03 Å². The van der Waals surface area contributed by atoms with Crippen LogP contribution >= 0.6 is 0 Å². The van der Waals surface area contributed by atoms with Gasteiger partial charge >= 0.3 is 6.03 Å². The maximum atomic E-state index is 12.3. The van der Waals surface area contributed by atoms with Gasteiger partial charge in [-0.3, -0.25) is 4.98 Å². The lowest BCUT2D eigenvalue weighted by Gasteiger charge is -2.24. The summed E-state index contributed by atoms with van der Waals surface area (Å²) in [5.74, 6) is 0. The second kappa shape index (κ2) is 7.93. The largest absolute Gasteiger partial charge is 0.396 e. The molecule has 1 aromatic carbocycles. The third kappa shape index (κ3) is 5.06. The molecule has 0 aliphatic rings. The van der Waals surface area contributed by atoms with Crippen molar-refractivity contribution in [3.05, 3.63) is 65.5 Å². The zero-order valence-electron chi connectivity index (χ0n) is 14.4. The van der Waals surface area contributed by atoms with Crippen molar-refractivity contribution < 1.29 is 9.90 Å². The molecular weight excluding hydrogens is 302 g/mol. The van der Waals surface area contributed by atoms with Crippen LogP contribution in [-0.4, -0.2) is 29.3 Å². The molecule has 0 radical (unpaired) electrons. The highest BCUT2D eigenvalue weighted by Gasteiger charge is 2.21. The summed E-state index contributed by atoms with van der Waals surface area (Å²) in [5, 5.41) is 15.1. The molecule has 0 aliphatic carbocycles. The van der Waals surface area contributed by atoms with Crippen LogP contribution < -0.4 is 10.6 Å². The maximum absolute atomic E-state index is 12.3. The fourth-order valence-corrected chi connectivity index (χ4v) is 2.28. The topological polar surface area (TPSA) is 74.2 Å². The Balaban J connectivity index is 2.17. The van der Waals surface area contributed by atoms with Gasteiger partial charge in [0.25, 0.3) is 0 Å². The number of urea groups is 1. The summed E-state index contributed by atoms with van der Waals surface area (Å²) in [7, 11) is 0. The second-order valence-electron chi connectivity index (χ2n) is 6.75. The van der Waals surface area contributed by atoms with Gasteiger partial charge in [0.1, 0.15) is 0 Å². The number of amides is 2. The molecule has 1 unspecified atom stereocenters. The fourth-order valence-electron chi connectivity index (χ4n) is 2.28. The van der Waals surface area contributed by atoms with E-state index in [-0.39, 0.29) is 24.1 Å². The molecule has 5 nitrogen and oxygen atoms in total. The first-order valence-electron chi connectivity index (χ1n) is 8.04. The summed E-state index contributed by atoms with van der Waals surface area (Å²) in [6.07, 6.45) is 1.71. The van der Waals surface area contributed by atoms with Gasteiger partial charge < -0.3 is 15.7 Å². The van der Waals surface area contributed by atoms with Crippen LogP contribution in [0.1, 0.15) is 36.7 Å². The summed E-state index contributed by atoms with van der Waals surface area (Å²) >= 11 is 0. The van der Waals surface area contributed by atoms with E-state index in [4.69, 9.17) is 0 Å². The highest BCUT2D eigenvalue weighted by atomic mass is 16.3. The Labute approximate surface area is 143 Å². The monoisotopic (exact) mass is 327 g/mol. The van der Waals surface area contributed by atoms with Crippen molar-refractivity contribution in [2.45, 2.75) is 26.8 Å². The number of carbonyl (C=O) groups excluding carboxylic acids is 1. The van der Waals surface area contributed by atoms with Gasteiger partial charge in [0.15, 0.2) is 0 Å². The number of hydrogen-bond acceptors (Lipinski definition) is 3. The molecule has 0 saturated carbocycles. The number of pyridine rings is 1. The van der Waals surface area contributed by atoms with Gasteiger partial charge in [0.05, 0.1) is 11.7 Å². The van der Waals surface area contributed by atoms with Crippen LogP contribution in [0.25, 0.3) is 0 Å². The number of benzene rings is 1. The average molecular weight is 327 g/mol. The molecular formula is C19H25N3O2. The molecule has 2 aromatic rings. The average Bonchev–Trinajstić information content (AvgIpc) is 2.59. The molecule has 128 valence electrons. The fraction of sp³-hybridized carbons (Fsp3) is 0.368. The number of rotatable bonds is 6. The lowest BCUT2D eigenvalue weighted by atomic mass is 9.95. The normalized spacial score (nSPS) is 12.5. The predicted octanol–water partition coefficient (Wildman–Crippen LogP) is 2.80. The third-order valence-corrected chi connectivity index (χ3v) is 3.79. The Bertz CT molecular complexity index is 671. The van der Waals surface area contributed by atoms with Crippen LogP contribution in [-0.2, 0) is 0 Å². The van der Waals surface area contributed by atoms with Crippen molar-refractivity contribution in [2.75, 3.05) is 13.2 Å². The molecule has 0 fully saturated rings. The Morgan fingerprint density at radius 3 is 2.67 bits per heavy atom. The zero-order valence-corrected chi connectivity index (χ0v) is 14.4. The summed E-state index contributed by atoms with van der Waals surface area (Å²) in [5.41, 5.74) is 2.52. The van der Waals surface area contributed by atoms with Crippen LogP contribution in [0.5, 0.6) is 0 Å². The Morgan fingerprint density at radius 1 is 1.25 bits per heavy atom. The molecule has 24 heavy (non-hydrogen) atoms. The van der Waals surface area contributed by atoms with E-state index in [2.05, 4.69) is 15.6 Å². The first-order chi connectivity index (χ1) is 11.4. The summed E-state index contributed by atoms with van der Waals surface area (Å²) in [6.45, 7) is 6.20. The summed E-state index contributed by atoms with van der Waals surface area (Å²) < 4.78 is 0. The van der Waals surface area contributed by atoms with Gasteiger partial charge in [0, 0.05) is 24.8 Å². The number of nitrogens with zero attached hydrogens (tertiary/aromatic N) is 1. The molecule has 1 heterocycles. The Hall–Kier alpha value is -2.40. The molecule has 5 heteroatoms. The van der Waals surface area contributed by atoms with Crippen LogP contribution in [0.15, 0.2) is 48.7 Å². The van der Waals surface area contributed by atoms with Crippen molar-refractivity contribution in [2.24, 2.45) is 5.41 Å². The van der Waals surface area contributed by atoms with E-state index in [0.717, 1.165) is 16.8 Å². The molecule has 0 bridgehead atoms. The van der Waals surface area contributed by atoms with Crippen molar-refractivity contribution in [1.82, 2.24) is 15.6 Å². The molecule has 1 atom stereocenters. The number of hydrogen-bond donors (Lipinski definition) is 3. The van der Waals surface area contributed by atoms with Crippen molar-refractivity contribution in [1.29, 1.82) is 0 Å². The van der Waals surface area contributed by atoms with E-state index < -0.39 is 0 Å². The van der Waals surface area contributed by atoms with Gasteiger partial charge in [-0.25, -0.2) is 4.79 Å². The standard InChI is InChI=1S/C19H25N3O2/c1-14-7-6-8-15(11-14)17(16-9-4-5-10-20-16)22-18(24)21-12-19(2,3)13-23/h4-11,17,23H,12-13H2,1-3H3,(H2,21,22,24). The quantitative estimate of drug-likeness (QED) is 0.764. The molecule has 1 aromatic heterocycles. The van der Waals surface area contributed by atoms with Gasteiger partial charge in [-0.2, -0.15) is 0 Å². The van der Waals surface area contributed by atoms with E-state index in [1.807, 2.05) is 63.2 Å². The first kappa shape index (κ1) is 17.9. The number of nitrogens with one attached hydrogen (secondary N) is 2. The van der Waals surface area contributed by atoms with Crippen LogP contribution in [0.4, 0.5) is 4.79 Å². The second-order valence-corrected chi connectivity index (χ2v) is 6.75. The van der Waals surface area contributed by atoms with E-state index >= 15 is 0 Å². The smallest absolute Gasteiger partial charge is 0.315 e. The molecule has 2 rings (SSSR count). The lowest BCUT2D eigenvalue weighted by molar-refractivity contribution is 0.157. The van der Waals surface area contributed by atoms with Crippen LogP contribution in [0.3, 0.4) is 0 Å². The first-order valence-corrected chi connectivity index (χ1v) is 8.04. The minimum absolute atomic E-state index is 0.00876. The van der Waals surface area contributed by atoms with Crippen molar-refractivity contribution in [3.8, 4) is 0 Å². The minimum atomic E-state index is -0.360. The number of carbonyl (C=O) groups is 1. The van der Waals surface area contributed by atoms with Gasteiger partial charge in [-0.15, -0.1) is 0 Å². The molecule has 0 aliphatic heterocycles. The van der Waals surface area contributed by atoms with Gasteiger partial charge in [-0.1, -0.05) is 49.7 Å². The summed E-state index contributed by atoms with van der Waals surface area (Å²) in [6, 6.07) is 13.0. The van der Waals surface area contributed by atoms with Gasteiger partial charge in [0.2, 0.25) is 0 Å². The number of aliphatic hydroxyl groups is 1. The molecule has 3 N–H and O–H groups in total. The SMILES string of the molecule is Cc1cccc(C(NC(=O)NCC(C)(C)CO)c2ccccn2)c1. The third-order valence-electron chi connectivity index (χ3n) is 3.79. The van der Waals surface area contributed by atoms with Crippen LogP contribution in [0, 0.1) is 12.3 Å². The molecule has 2 amide bonds. The highest BCUT2D eigenvalue weighted by Crippen LogP contribution is 2.21. The number of aliphatic hydroxyl groups excluding tert-OH is 1. The minimum Gasteiger partial charge on any atom is -0.396 e. The number of aromatic nitrogens is 1. The zero-order chi connectivity index (χ0) is 17.6. The molecule has 0 saturated heterocycles. The predicted molar refractivity (Wildman–Crippen MR) is 94.7 cm³/mol. The lowest BCUT2D eigenvalue weighted by Crippen LogP contribution is -2.43. The number of aryl methyl sites for hydroxylation is 1. The molecule has 0 spiro atoms. The highest BCUT2D eigenvalue weighted by molar-refractivity contribution is 5.75. The van der Waals surface area contributed by atoms with Gasteiger partial charge in [-0.05, 0) is 24.6 Å². The van der Waals surface area contributed by atoms with E-state index in [1.54, 1.807) is 6.20 Å². The van der Waals surface area contributed by atoms with Crippen molar-refractivity contribution in [3.63, 3.8) is 0 Å². The Kier molecular flexibility index (Phi) is 5.93. The Morgan fingerprint density at radius 2 is 2.04 bits per heavy atom.